The molecule has 120 valence electrons. The third-order valence-electron chi connectivity index (χ3n) is 2.99. The second kappa shape index (κ2) is 5.30. The van der Waals surface area contributed by atoms with Gasteiger partial charge in [0, 0.05) is 5.39 Å². The van der Waals surface area contributed by atoms with Crippen LogP contribution >= 0.6 is 0 Å². The Morgan fingerprint density at radius 3 is 2.41 bits per heavy atom. The standard InChI is InChI=1S/C15H17F3N2O2/c1-5-11-10-8-9(15(16,17)18)6-7-12(10)20(19-11)13(21)22-14(2,3)4/h6-8H,5H2,1-4H3. The van der Waals surface area contributed by atoms with Crippen LogP contribution in [0.15, 0.2) is 18.2 Å². The van der Waals surface area contributed by atoms with Crippen LogP contribution in [0.3, 0.4) is 0 Å². The monoisotopic (exact) mass is 314 g/mol. The van der Waals surface area contributed by atoms with Gasteiger partial charge in [-0.1, -0.05) is 6.92 Å². The molecule has 4 nitrogen and oxygen atoms in total. The first-order valence-corrected chi connectivity index (χ1v) is 6.85. The first kappa shape index (κ1) is 16.3. The summed E-state index contributed by atoms with van der Waals surface area (Å²) in [5.74, 6) is 0. The highest BCUT2D eigenvalue weighted by atomic mass is 19.4. The lowest BCUT2D eigenvalue weighted by molar-refractivity contribution is -0.137. The van der Waals surface area contributed by atoms with Gasteiger partial charge < -0.3 is 4.74 Å². The predicted molar refractivity (Wildman–Crippen MR) is 75.7 cm³/mol. The number of hydrogen-bond acceptors (Lipinski definition) is 3. The summed E-state index contributed by atoms with van der Waals surface area (Å²) >= 11 is 0. The Kier molecular flexibility index (Phi) is 3.93. The van der Waals surface area contributed by atoms with Crippen molar-refractivity contribution in [1.82, 2.24) is 9.78 Å². The van der Waals surface area contributed by atoms with E-state index < -0.39 is 23.4 Å². The van der Waals surface area contributed by atoms with Crippen LogP contribution < -0.4 is 0 Å². The fourth-order valence-corrected chi connectivity index (χ4v) is 2.06. The van der Waals surface area contributed by atoms with Crippen molar-refractivity contribution >= 4 is 17.0 Å². The first-order chi connectivity index (χ1) is 10.0. The van der Waals surface area contributed by atoms with Gasteiger partial charge in [0.1, 0.15) is 5.60 Å². The molecule has 0 aliphatic carbocycles. The molecule has 0 fully saturated rings. The van der Waals surface area contributed by atoms with Crippen LogP contribution in [-0.4, -0.2) is 21.5 Å². The van der Waals surface area contributed by atoms with Gasteiger partial charge in [0.15, 0.2) is 0 Å². The molecule has 2 aromatic rings. The second-order valence-electron chi connectivity index (χ2n) is 5.92. The SMILES string of the molecule is CCc1nn(C(=O)OC(C)(C)C)c2ccc(C(F)(F)F)cc12. The lowest BCUT2D eigenvalue weighted by Gasteiger charge is -2.19. The van der Waals surface area contributed by atoms with E-state index in [2.05, 4.69) is 5.10 Å². The maximum absolute atomic E-state index is 12.8. The van der Waals surface area contributed by atoms with E-state index in [1.807, 2.05) is 0 Å². The number of benzene rings is 1. The number of fused-ring (bicyclic) bond motifs is 1. The number of halogens is 3. The Morgan fingerprint density at radius 1 is 1.27 bits per heavy atom. The van der Waals surface area contributed by atoms with Crippen LogP contribution in [0.4, 0.5) is 18.0 Å². The minimum absolute atomic E-state index is 0.305. The molecule has 0 N–H and O–H groups in total. The van der Waals surface area contributed by atoms with Crippen molar-refractivity contribution in [3.63, 3.8) is 0 Å². The van der Waals surface area contributed by atoms with E-state index in [-0.39, 0.29) is 0 Å². The van der Waals surface area contributed by atoms with Crippen molar-refractivity contribution in [2.75, 3.05) is 0 Å². The number of aryl methyl sites for hydroxylation is 1. The highest BCUT2D eigenvalue weighted by Crippen LogP contribution is 2.32. The molecular formula is C15H17F3N2O2. The highest BCUT2D eigenvalue weighted by molar-refractivity contribution is 5.90. The van der Waals surface area contributed by atoms with Crippen LogP contribution in [-0.2, 0) is 17.3 Å². The minimum atomic E-state index is -4.44. The quantitative estimate of drug-likeness (QED) is 0.783. The Balaban J connectivity index is 2.56. The van der Waals surface area contributed by atoms with Crippen molar-refractivity contribution in [2.24, 2.45) is 0 Å². The predicted octanol–water partition coefficient (Wildman–Crippen LogP) is 4.40. The number of carbonyl (C=O) groups excluding carboxylic acids is 1. The zero-order valence-corrected chi connectivity index (χ0v) is 12.8. The van der Waals surface area contributed by atoms with Gasteiger partial charge in [0.25, 0.3) is 0 Å². The van der Waals surface area contributed by atoms with Crippen molar-refractivity contribution in [3.05, 3.63) is 29.5 Å². The number of carbonyl (C=O) groups is 1. The van der Waals surface area contributed by atoms with Gasteiger partial charge in [0.2, 0.25) is 0 Å². The summed E-state index contributed by atoms with van der Waals surface area (Å²) in [5, 5.41) is 4.40. The zero-order chi connectivity index (χ0) is 16.7. The van der Waals surface area contributed by atoms with Gasteiger partial charge in [-0.15, -0.1) is 0 Å². The lowest BCUT2D eigenvalue weighted by atomic mass is 10.1. The lowest BCUT2D eigenvalue weighted by Crippen LogP contribution is -2.27. The molecule has 0 radical (unpaired) electrons. The Bertz CT molecular complexity index is 712. The van der Waals surface area contributed by atoms with Gasteiger partial charge in [-0.3, -0.25) is 0 Å². The highest BCUT2D eigenvalue weighted by Gasteiger charge is 2.31. The van der Waals surface area contributed by atoms with Crippen LogP contribution in [0.25, 0.3) is 10.9 Å². The van der Waals surface area contributed by atoms with Gasteiger partial charge in [-0.2, -0.15) is 23.0 Å². The fraction of sp³-hybridized carbons (Fsp3) is 0.467. The molecule has 1 heterocycles. The van der Waals surface area contributed by atoms with Gasteiger partial charge in [-0.25, -0.2) is 4.79 Å². The van der Waals surface area contributed by atoms with E-state index in [1.54, 1.807) is 27.7 Å². The van der Waals surface area contributed by atoms with Gasteiger partial charge >= 0.3 is 12.3 Å². The van der Waals surface area contributed by atoms with Crippen molar-refractivity contribution in [2.45, 2.75) is 45.9 Å². The summed E-state index contributed by atoms with van der Waals surface area (Å²) in [5.41, 5.74) is -0.752. The molecule has 1 aromatic carbocycles. The average Bonchev–Trinajstić information content (AvgIpc) is 2.73. The smallest absolute Gasteiger partial charge is 0.435 e. The van der Waals surface area contributed by atoms with E-state index in [1.165, 1.54) is 6.07 Å². The number of alkyl halides is 3. The van der Waals surface area contributed by atoms with E-state index in [9.17, 15) is 18.0 Å². The van der Waals surface area contributed by atoms with E-state index in [4.69, 9.17) is 4.74 Å². The molecule has 22 heavy (non-hydrogen) atoms. The summed E-state index contributed by atoms with van der Waals surface area (Å²) in [6, 6.07) is 3.20. The van der Waals surface area contributed by atoms with E-state index >= 15 is 0 Å². The maximum atomic E-state index is 12.8. The molecule has 0 unspecified atom stereocenters. The van der Waals surface area contributed by atoms with Crippen molar-refractivity contribution < 1.29 is 22.7 Å². The Morgan fingerprint density at radius 2 is 1.91 bits per heavy atom. The number of ether oxygens (including phenoxy) is 1. The summed E-state index contributed by atoms with van der Waals surface area (Å²) in [6.45, 7) is 6.89. The summed E-state index contributed by atoms with van der Waals surface area (Å²) in [6.07, 6.45) is -4.74. The minimum Gasteiger partial charge on any atom is -0.442 e. The second-order valence-corrected chi connectivity index (χ2v) is 5.92. The summed E-state index contributed by atoms with van der Waals surface area (Å²) in [7, 11) is 0. The first-order valence-electron chi connectivity index (χ1n) is 6.85. The van der Waals surface area contributed by atoms with Gasteiger partial charge in [-0.05, 0) is 45.4 Å². The molecule has 0 saturated carbocycles. The van der Waals surface area contributed by atoms with E-state index in [0.29, 0.717) is 23.0 Å². The van der Waals surface area contributed by atoms with Crippen LogP contribution in [0, 0.1) is 0 Å². The average molecular weight is 314 g/mol. The largest absolute Gasteiger partial charge is 0.442 e. The molecule has 2 rings (SSSR count). The fourth-order valence-electron chi connectivity index (χ4n) is 2.06. The normalized spacial score (nSPS) is 12.7. The molecule has 0 aliphatic heterocycles. The maximum Gasteiger partial charge on any atom is 0.435 e. The third kappa shape index (κ3) is 3.23. The Labute approximate surface area is 125 Å². The zero-order valence-electron chi connectivity index (χ0n) is 12.8. The van der Waals surface area contributed by atoms with Crippen molar-refractivity contribution in [3.8, 4) is 0 Å². The Hall–Kier alpha value is -2.05. The van der Waals surface area contributed by atoms with E-state index in [0.717, 1.165) is 16.8 Å². The van der Waals surface area contributed by atoms with Crippen LogP contribution in [0.5, 0.6) is 0 Å². The van der Waals surface area contributed by atoms with Crippen LogP contribution in [0.1, 0.15) is 39.0 Å². The van der Waals surface area contributed by atoms with Gasteiger partial charge in [0.05, 0.1) is 16.8 Å². The molecule has 1 aromatic heterocycles. The molecule has 0 saturated heterocycles. The number of hydrogen-bond donors (Lipinski definition) is 0. The number of aromatic nitrogens is 2. The number of rotatable bonds is 1. The molecule has 0 bridgehead atoms. The summed E-state index contributed by atoms with van der Waals surface area (Å²) < 4.78 is 44.7. The molecule has 0 spiro atoms. The molecule has 7 heteroatoms. The topological polar surface area (TPSA) is 44.1 Å². The molecule has 0 aliphatic rings. The number of nitrogens with zero attached hydrogens (tertiary/aromatic N) is 2. The van der Waals surface area contributed by atoms with Crippen molar-refractivity contribution in [1.29, 1.82) is 0 Å². The molecule has 0 atom stereocenters. The molecular weight excluding hydrogens is 297 g/mol. The summed E-state index contributed by atoms with van der Waals surface area (Å²) in [4.78, 5) is 12.1. The third-order valence-corrected chi connectivity index (χ3v) is 2.99. The van der Waals surface area contributed by atoms with Crippen LogP contribution in [0.2, 0.25) is 0 Å². The molecule has 0 amide bonds.